The number of hydrogen-bond acceptors (Lipinski definition) is 7. The molecule has 51 heavy (non-hydrogen) atoms. The van der Waals surface area contributed by atoms with Crippen LogP contribution in [0.1, 0.15) is 92.9 Å². The minimum atomic E-state index is -3.73. The molecule has 1 unspecified atom stereocenters. The Hall–Kier alpha value is -3.74. The van der Waals surface area contributed by atoms with Gasteiger partial charge in [0.05, 0.1) is 22.2 Å². The van der Waals surface area contributed by atoms with E-state index in [9.17, 15) is 32.4 Å². The monoisotopic (exact) mass is 727 g/mol. The van der Waals surface area contributed by atoms with Crippen LogP contribution in [0.15, 0.2) is 47.9 Å². The lowest BCUT2D eigenvalue weighted by Crippen LogP contribution is -2.63. The molecule has 2 saturated carbocycles. The maximum absolute atomic E-state index is 14.5. The van der Waals surface area contributed by atoms with E-state index in [0.29, 0.717) is 25.8 Å². The minimum absolute atomic E-state index is 0.0426. The fourth-order valence-corrected chi connectivity index (χ4v) is 9.82. The van der Waals surface area contributed by atoms with Gasteiger partial charge < -0.3 is 26.2 Å². The number of Topliss-reactive ketones (excluding diaryl/α,β-unsaturated/α-hetero) is 1. The normalized spacial score (nSPS) is 23.2. The zero-order valence-electron chi connectivity index (χ0n) is 31.0. The van der Waals surface area contributed by atoms with E-state index in [-0.39, 0.29) is 40.9 Å². The second-order valence-electron chi connectivity index (χ2n) is 16.3. The van der Waals surface area contributed by atoms with Gasteiger partial charge in [-0.3, -0.25) is 19.2 Å². The average molecular weight is 728 g/mol. The van der Waals surface area contributed by atoms with Gasteiger partial charge in [0.15, 0.2) is 9.84 Å². The molecule has 0 bridgehead atoms. The van der Waals surface area contributed by atoms with Crippen LogP contribution in [-0.4, -0.2) is 85.4 Å². The van der Waals surface area contributed by atoms with Crippen molar-refractivity contribution in [2.45, 2.75) is 121 Å². The Morgan fingerprint density at radius 1 is 1.02 bits per heavy atom. The smallest absolute Gasteiger partial charge is 0.315 e. The number of fused-ring (bicyclic) bond motifs is 1. The summed E-state index contributed by atoms with van der Waals surface area (Å²) in [4.78, 5) is 69.8. The van der Waals surface area contributed by atoms with Crippen molar-refractivity contribution in [2.75, 3.05) is 18.8 Å². The third-order valence-corrected chi connectivity index (χ3v) is 12.9. The van der Waals surface area contributed by atoms with Crippen molar-refractivity contribution in [3.63, 3.8) is 0 Å². The highest BCUT2D eigenvalue weighted by Crippen LogP contribution is 2.65. The first-order valence-electron chi connectivity index (χ1n) is 18.3. The van der Waals surface area contributed by atoms with Gasteiger partial charge in [0, 0.05) is 13.1 Å². The van der Waals surface area contributed by atoms with Crippen LogP contribution in [0.3, 0.4) is 0 Å². The van der Waals surface area contributed by atoms with Crippen LogP contribution in [0.5, 0.6) is 0 Å². The first-order chi connectivity index (χ1) is 23.9. The quantitative estimate of drug-likeness (QED) is 0.157. The second-order valence-corrected chi connectivity index (χ2v) is 18.3. The zero-order chi connectivity index (χ0) is 37.8. The molecule has 3 aliphatic rings. The second kappa shape index (κ2) is 15.9. The number of likely N-dealkylation sites (tertiary alicyclic amines) is 1. The van der Waals surface area contributed by atoms with Gasteiger partial charge in [0.1, 0.15) is 12.1 Å². The zero-order valence-corrected chi connectivity index (χ0v) is 31.9. The molecule has 12 nitrogen and oxygen atoms in total. The molecular formula is C38H57N5O7S. The van der Waals surface area contributed by atoms with E-state index in [0.717, 1.165) is 25.7 Å². The first kappa shape index (κ1) is 40.0. The lowest BCUT2D eigenvalue weighted by Gasteiger charge is -2.40. The largest absolute Gasteiger partial charge is 0.346 e. The predicted octanol–water partition coefficient (Wildman–Crippen LogP) is 3.91. The fourth-order valence-electron chi connectivity index (χ4n) is 7.99. The summed E-state index contributed by atoms with van der Waals surface area (Å²) in [6, 6.07) is 4.53. The first-order valence-corrected chi connectivity index (χ1v) is 19.9. The number of benzene rings is 1. The number of sulfone groups is 1. The predicted molar refractivity (Wildman–Crippen MR) is 195 cm³/mol. The van der Waals surface area contributed by atoms with Crippen LogP contribution >= 0.6 is 0 Å². The SMILES string of the molecule is C=CCNC(=O)C(=O)C(CCCC)NC(=O)[C@@H]1[C@@H]2[C@H](CN1C(=O)[C@@H](NC(=O)NC1(CS(=O)(=O)c3ccccc3)CCCCC1)C(C)(C)C)C2(C)C. The Morgan fingerprint density at radius 2 is 1.67 bits per heavy atom. The summed E-state index contributed by atoms with van der Waals surface area (Å²) in [5, 5.41) is 11.2. The van der Waals surface area contributed by atoms with Gasteiger partial charge >= 0.3 is 6.03 Å². The highest BCUT2D eigenvalue weighted by atomic mass is 32.2. The number of hydrogen-bond donors (Lipinski definition) is 4. The van der Waals surface area contributed by atoms with Crippen molar-refractivity contribution >= 4 is 39.4 Å². The van der Waals surface area contributed by atoms with Crippen molar-refractivity contribution in [1.82, 2.24) is 26.2 Å². The molecule has 1 heterocycles. The third kappa shape index (κ3) is 9.20. The number of nitrogens with one attached hydrogen (secondary N) is 4. The van der Waals surface area contributed by atoms with E-state index in [2.05, 4.69) is 27.8 Å². The molecule has 0 spiro atoms. The molecule has 1 aromatic rings. The highest BCUT2D eigenvalue weighted by molar-refractivity contribution is 7.91. The molecule has 1 saturated heterocycles. The summed E-state index contributed by atoms with van der Waals surface area (Å²) in [5.74, 6) is -2.88. The Labute approximate surface area is 303 Å². The molecule has 13 heteroatoms. The van der Waals surface area contributed by atoms with Gasteiger partial charge in [-0.05, 0) is 54.1 Å². The van der Waals surface area contributed by atoms with Crippen LogP contribution in [0.2, 0.25) is 0 Å². The van der Waals surface area contributed by atoms with Crippen molar-refractivity contribution in [3.05, 3.63) is 43.0 Å². The summed E-state index contributed by atoms with van der Waals surface area (Å²) in [6.07, 6.45) is 6.50. The van der Waals surface area contributed by atoms with Gasteiger partial charge in [-0.1, -0.05) is 97.9 Å². The maximum atomic E-state index is 14.5. The van der Waals surface area contributed by atoms with Crippen LogP contribution < -0.4 is 21.3 Å². The number of carbonyl (C=O) groups is 5. The molecule has 0 aromatic heterocycles. The molecule has 2 aliphatic carbocycles. The van der Waals surface area contributed by atoms with Crippen molar-refractivity contribution < 1.29 is 32.4 Å². The van der Waals surface area contributed by atoms with E-state index in [4.69, 9.17) is 0 Å². The van der Waals surface area contributed by atoms with Crippen molar-refractivity contribution in [1.29, 1.82) is 0 Å². The molecule has 1 aromatic carbocycles. The Bertz CT molecular complexity index is 1580. The standard InChI is InChI=1S/C38H57N5O7S/c1-8-10-19-27(30(44)33(46)39-22-9-2)40-32(45)29-28-26(37(28,6)7)23-43(29)34(47)31(36(3,4)5)41-35(48)42-38(20-15-12-16-21-38)24-51(49,50)25-17-13-11-14-18-25/h9,11,13-14,17-18,26-29,31H,2,8,10,12,15-16,19-24H2,1,3-7H3,(H,39,46)(H,40,45)(H2,41,42,48)/t26-,27?,28-,29-,31+/m0/s1. The van der Waals surface area contributed by atoms with Crippen molar-refractivity contribution in [2.24, 2.45) is 22.7 Å². The minimum Gasteiger partial charge on any atom is -0.346 e. The Balaban J connectivity index is 1.55. The molecule has 3 fully saturated rings. The van der Waals surface area contributed by atoms with E-state index < -0.39 is 68.5 Å². The third-order valence-electron chi connectivity index (χ3n) is 11.0. The van der Waals surface area contributed by atoms with Gasteiger partial charge in [0.2, 0.25) is 17.6 Å². The van der Waals surface area contributed by atoms with Gasteiger partial charge in [-0.25, -0.2) is 13.2 Å². The summed E-state index contributed by atoms with van der Waals surface area (Å²) in [6.45, 7) is 15.5. The molecule has 5 amide bonds. The summed E-state index contributed by atoms with van der Waals surface area (Å²) in [5.41, 5.74) is -2.01. The summed E-state index contributed by atoms with van der Waals surface area (Å²) < 4.78 is 27.0. The van der Waals surface area contributed by atoms with Gasteiger partial charge in [-0.2, -0.15) is 0 Å². The van der Waals surface area contributed by atoms with E-state index in [1.165, 1.54) is 11.0 Å². The van der Waals surface area contributed by atoms with E-state index >= 15 is 0 Å². The number of rotatable bonds is 15. The number of ketones is 1. The Kier molecular flexibility index (Phi) is 12.5. The highest BCUT2D eigenvalue weighted by Gasteiger charge is 2.70. The number of unbranched alkanes of at least 4 members (excludes halogenated alkanes) is 1. The van der Waals surface area contributed by atoms with Crippen LogP contribution in [0.25, 0.3) is 0 Å². The van der Waals surface area contributed by atoms with Crippen molar-refractivity contribution in [3.8, 4) is 0 Å². The topological polar surface area (TPSA) is 171 Å². The maximum Gasteiger partial charge on any atom is 0.315 e. The number of piperidine rings is 1. The molecule has 4 N–H and O–H groups in total. The summed E-state index contributed by atoms with van der Waals surface area (Å²) in [7, 11) is -3.73. The molecular weight excluding hydrogens is 671 g/mol. The average Bonchev–Trinajstić information content (AvgIpc) is 3.38. The van der Waals surface area contributed by atoms with Crippen LogP contribution in [0.4, 0.5) is 4.79 Å². The molecule has 282 valence electrons. The Morgan fingerprint density at radius 3 is 2.25 bits per heavy atom. The molecule has 4 rings (SSSR count). The van der Waals surface area contributed by atoms with Crippen LogP contribution in [0, 0.1) is 22.7 Å². The van der Waals surface area contributed by atoms with Gasteiger partial charge in [-0.15, -0.1) is 6.58 Å². The lowest BCUT2D eigenvalue weighted by molar-refractivity contribution is -0.145. The lowest BCUT2D eigenvalue weighted by atomic mass is 9.83. The summed E-state index contributed by atoms with van der Waals surface area (Å²) >= 11 is 0. The van der Waals surface area contributed by atoms with E-state index in [1.54, 1.807) is 30.3 Å². The number of amides is 5. The van der Waals surface area contributed by atoms with E-state index in [1.807, 2.05) is 41.5 Å². The number of nitrogens with zero attached hydrogens (tertiary/aromatic N) is 1. The number of urea groups is 1. The number of carbonyl (C=O) groups excluding carboxylic acids is 5. The fraction of sp³-hybridized carbons (Fsp3) is 0.658. The van der Waals surface area contributed by atoms with Gasteiger partial charge in [0.25, 0.3) is 5.91 Å². The molecule has 5 atom stereocenters. The molecule has 0 radical (unpaired) electrons. The van der Waals surface area contributed by atoms with Crippen LogP contribution in [-0.2, 0) is 29.0 Å². The molecule has 1 aliphatic heterocycles.